The van der Waals surface area contributed by atoms with Crippen LogP contribution in [-0.2, 0) is 9.84 Å². The number of sulfone groups is 1. The molecule has 1 heterocycles. The molecule has 0 fully saturated rings. The Balaban J connectivity index is 2.33. The predicted octanol–water partition coefficient (Wildman–Crippen LogP) is 4.68. The van der Waals surface area contributed by atoms with E-state index in [0.717, 1.165) is 9.35 Å². The lowest BCUT2D eigenvalue weighted by Gasteiger charge is -2.17. The average Bonchev–Trinajstić information content (AvgIpc) is 2.86. The molecule has 0 amide bonds. The molecule has 0 aliphatic heterocycles. The van der Waals surface area contributed by atoms with Crippen molar-refractivity contribution in [3.8, 4) is 0 Å². The van der Waals surface area contributed by atoms with Gasteiger partial charge in [-0.15, -0.1) is 11.3 Å². The molecule has 1 aromatic heterocycles. The maximum absolute atomic E-state index is 12.7. The molecule has 8 heteroatoms. The first-order chi connectivity index (χ1) is 9.82. The third-order valence-corrected chi connectivity index (χ3v) is 6.13. The van der Waals surface area contributed by atoms with Crippen LogP contribution in [0.4, 0.5) is 14.5 Å². The zero-order valence-electron chi connectivity index (χ0n) is 10.9. The zero-order valence-corrected chi connectivity index (χ0v) is 14.1. The highest BCUT2D eigenvalue weighted by Gasteiger charge is 2.29. The molecule has 0 aliphatic rings. The fourth-order valence-corrected chi connectivity index (χ4v) is 4.14. The van der Waals surface area contributed by atoms with Gasteiger partial charge >= 0.3 is 5.76 Å². The maximum atomic E-state index is 12.7. The molecule has 0 saturated carbocycles. The lowest BCUT2D eigenvalue weighted by Crippen LogP contribution is -2.15. The third kappa shape index (κ3) is 3.61. The Morgan fingerprint density at radius 2 is 1.95 bits per heavy atom. The van der Waals surface area contributed by atoms with Crippen LogP contribution in [0, 0.1) is 0 Å². The Morgan fingerprint density at radius 1 is 1.29 bits per heavy atom. The standard InChI is InChI=1S/C13H12BrF2NO2S2/c1-8(11-6-9(14)7-20-11)17-10-4-2-3-5-12(10)21(18,19)13(15)16/h2-8,13,17H,1H3. The number of hydrogen-bond acceptors (Lipinski definition) is 4. The molecule has 1 N–H and O–H groups in total. The van der Waals surface area contributed by atoms with Gasteiger partial charge in [0.25, 0.3) is 0 Å². The van der Waals surface area contributed by atoms with Gasteiger partial charge in [0.2, 0.25) is 9.84 Å². The van der Waals surface area contributed by atoms with E-state index in [0.29, 0.717) is 0 Å². The highest BCUT2D eigenvalue weighted by Crippen LogP contribution is 2.31. The molecule has 0 saturated heterocycles. The SMILES string of the molecule is CC(Nc1ccccc1S(=O)(=O)C(F)F)c1cc(Br)cs1. The lowest BCUT2D eigenvalue weighted by molar-refractivity contribution is 0.235. The number of benzene rings is 1. The molecule has 2 rings (SSSR count). The molecule has 1 aromatic carbocycles. The van der Waals surface area contributed by atoms with Gasteiger partial charge in [0.1, 0.15) is 0 Å². The van der Waals surface area contributed by atoms with Crippen molar-refractivity contribution in [1.82, 2.24) is 0 Å². The van der Waals surface area contributed by atoms with E-state index in [1.807, 2.05) is 18.4 Å². The Kier molecular flexibility index (Phi) is 5.00. The van der Waals surface area contributed by atoms with E-state index < -0.39 is 15.6 Å². The second-order valence-electron chi connectivity index (χ2n) is 4.34. The quantitative estimate of drug-likeness (QED) is 0.799. The van der Waals surface area contributed by atoms with Gasteiger partial charge in [-0.25, -0.2) is 8.42 Å². The van der Waals surface area contributed by atoms with Gasteiger partial charge < -0.3 is 5.32 Å². The van der Waals surface area contributed by atoms with Crippen molar-refractivity contribution in [2.24, 2.45) is 0 Å². The molecule has 1 unspecified atom stereocenters. The molecule has 114 valence electrons. The number of alkyl halides is 2. The van der Waals surface area contributed by atoms with E-state index in [9.17, 15) is 17.2 Å². The van der Waals surface area contributed by atoms with Crippen molar-refractivity contribution < 1.29 is 17.2 Å². The second kappa shape index (κ2) is 6.41. The average molecular weight is 396 g/mol. The minimum Gasteiger partial charge on any atom is -0.377 e. The third-order valence-electron chi connectivity index (χ3n) is 2.81. The van der Waals surface area contributed by atoms with Gasteiger partial charge in [-0.1, -0.05) is 12.1 Å². The van der Waals surface area contributed by atoms with Gasteiger partial charge in [0.15, 0.2) is 0 Å². The van der Waals surface area contributed by atoms with Crippen molar-refractivity contribution in [3.05, 3.63) is 45.1 Å². The van der Waals surface area contributed by atoms with Crippen LogP contribution >= 0.6 is 27.3 Å². The maximum Gasteiger partial charge on any atom is 0.341 e. The Hall–Kier alpha value is -0.990. The van der Waals surface area contributed by atoms with E-state index in [1.54, 1.807) is 6.07 Å². The van der Waals surface area contributed by atoms with Crippen LogP contribution in [-0.4, -0.2) is 14.2 Å². The molecule has 0 spiro atoms. The van der Waals surface area contributed by atoms with Crippen molar-refractivity contribution in [2.45, 2.75) is 23.6 Å². The summed E-state index contributed by atoms with van der Waals surface area (Å²) in [6.45, 7) is 1.84. The fourth-order valence-electron chi connectivity index (χ4n) is 1.79. The highest BCUT2D eigenvalue weighted by molar-refractivity contribution is 9.10. The molecule has 1 atom stereocenters. The van der Waals surface area contributed by atoms with Gasteiger partial charge in [0.05, 0.1) is 16.6 Å². The first kappa shape index (κ1) is 16.4. The van der Waals surface area contributed by atoms with Crippen molar-refractivity contribution in [2.75, 3.05) is 5.32 Å². The topological polar surface area (TPSA) is 46.2 Å². The van der Waals surface area contributed by atoms with Crippen LogP contribution in [0.25, 0.3) is 0 Å². The monoisotopic (exact) mass is 395 g/mol. The van der Waals surface area contributed by atoms with Crippen molar-refractivity contribution in [1.29, 1.82) is 0 Å². The summed E-state index contributed by atoms with van der Waals surface area (Å²) in [5, 5.41) is 4.88. The van der Waals surface area contributed by atoms with Gasteiger partial charge in [-0.05, 0) is 41.1 Å². The lowest BCUT2D eigenvalue weighted by atomic mass is 10.2. The van der Waals surface area contributed by atoms with Gasteiger partial charge in [-0.3, -0.25) is 0 Å². The molecule has 21 heavy (non-hydrogen) atoms. The summed E-state index contributed by atoms with van der Waals surface area (Å²) in [4.78, 5) is 0.577. The fraction of sp³-hybridized carbons (Fsp3) is 0.231. The van der Waals surface area contributed by atoms with E-state index in [4.69, 9.17) is 0 Å². The molecular formula is C13H12BrF2NO2S2. The van der Waals surface area contributed by atoms with Gasteiger partial charge in [0, 0.05) is 14.7 Å². The van der Waals surface area contributed by atoms with E-state index >= 15 is 0 Å². The normalized spacial score (nSPS) is 13.4. The number of nitrogens with one attached hydrogen (secondary N) is 1. The van der Waals surface area contributed by atoms with Crippen LogP contribution in [0.2, 0.25) is 0 Å². The first-order valence-corrected chi connectivity index (χ1v) is 9.16. The molecule has 0 radical (unpaired) electrons. The predicted molar refractivity (Wildman–Crippen MR) is 83.7 cm³/mol. The van der Waals surface area contributed by atoms with Crippen LogP contribution in [0.15, 0.2) is 45.1 Å². The summed E-state index contributed by atoms with van der Waals surface area (Å²) < 4.78 is 49.7. The van der Waals surface area contributed by atoms with Crippen LogP contribution in [0.5, 0.6) is 0 Å². The first-order valence-electron chi connectivity index (χ1n) is 5.94. The van der Waals surface area contributed by atoms with E-state index in [2.05, 4.69) is 21.2 Å². The number of halogens is 3. The summed E-state index contributed by atoms with van der Waals surface area (Å²) >= 11 is 4.83. The Labute approximate surface area is 134 Å². The number of rotatable bonds is 5. The van der Waals surface area contributed by atoms with Crippen LogP contribution in [0.1, 0.15) is 17.8 Å². The second-order valence-corrected chi connectivity index (χ2v) is 8.08. The molecule has 0 aliphatic carbocycles. The highest BCUT2D eigenvalue weighted by atomic mass is 79.9. The Bertz CT molecular complexity index is 731. The number of thiophene rings is 1. The zero-order chi connectivity index (χ0) is 15.6. The van der Waals surface area contributed by atoms with E-state index in [-0.39, 0.29) is 16.6 Å². The summed E-state index contributed by atoms with van der Waals surface area (Å²) in [7, 11) is -4.63. The Morgan fingerprint density at radius 3 is 2.52 bits per heavy atom. The minimum absolute atomic E-state index is 0.176. The molecule has 0 bridgehead atoms. The minimum atomic E-state index is -4.63. The molecule has 2 aromatic rings. The van der Waals surface area contributed by atoms with Crippen molar-refractivity contribution in [3.63, 3.8) is 0 Å². The van der Waals surface area contributed by atoms with Crippen LogP contribution < -0.4 is 5.32 Å². The largest absolute Gasteiger partial charge is 0.377 e. The molecule has 3 nitrogen and oxygen atoms in total. The number of para-hydroxylation sites is 1. The van der Waals surface area contributed by atoms with Crippen LogP contribution in [0.3, 0.4) is 0 Å². The van der Waals surface area contributed by atoms with E-state index in [1.165, 1.54) is 29.5 Å². The number of anilines is 1. The summed E-state index contributed by atoms with van der Waals surface area (Å²) in [5.74, 6) is -3.44. The van der Waals surface area contributed by atoms with Gasteiger partial charge in [-0.2, -0.15) is 8.78 Å². The number of hydrogen-bond donors (Lipinski definition) is 1. The molecular weight excluding hydrogens is 384 g/mol. The summed E-state index contributed by atoms with van der Waals surface area (Å²) in [6, 6.07) is 7.38. The summed E-state index contributed by atoms with van der Waals surface area (Å²) in [6.07, 6.45) is 0. The summed E-state index contributed by atoms with van der Waals surface area (Å²) in [5.41, 5.74) is 0.176. The van der Waals surface area contributed by atoms with Crippen molar-refractivity contribution >= 4 is 42.8 Å². The smallest absolute Gasteiger partial charge is 0.341 e.